The maximum Gasteiger partial charge on any atom is 0.165 e. The molecule has 0 saturated carbocycles. The third-order valence-electron chi connectivity index (χ3n) is 4.31. The van der Waals surface area contributed by atoms with Crippen molar-refractivity contribution in [3.05, 3.63) is 53.2 Å². The molecule has 5 heteroatoms. The molecule has 0 aliphatic rings. The smallest absolute Gasteiger partial charge is 0.165 e. The lowest BCUT2D eigenvalue weighted by Crippen LogP contribution is -1.98. The van der Waals surface area contributed by atoms with E-state index in [0.29, 0.717) is 17.0 Å². The van der Waals surface area contributed by atoms with Gasteiger partial charge in [-0.25, -0.2) is 4.39 Å². The summed E-state index contributed by atoms with van der Waals surface area (Å²) >= 11 is 0. The van der Waals surface area contributed by atoms with Crippen molar-refractivity contribution in [2.24, 2.45) is 0 Å². The highest BCUT2D eigenvalue weighted by molar-refractivity contribution is 5.93. The third-order valence-corrected chi connectivity index (χ3v) is 4.31. The lowest BCUT2D eigenvalue weighted by Gasteiger charge is -2.16. The Morgan fingerprint density at radius 3 is 2.52 bits per heavy atom. The number of halogens is 1. The highest BCUT2D eigenvalue weighted by Gasteiger charge is 2.20. The van der Waals surface area contributed by atoms with E-state index in [-0.39, 0.29) is 5.75 Å². The summed E-state index contributed by atoms with van der Waals surface area (Å²) < 4.78 is 19.2. The minimum atomic E-state index is -0.665. The normalized spacial score (nSPS) is 11.0. The maximum absolute atomic E-state index is 13.9. The molecule has 0 unspecified atom stereocenters. The summed E-state index contributed by atoms with van der Waals surface area (Å²) in [5.41, 5.74) is 11.8. The van der Waals surface area contributed by atoms with Gasteiger partial charge in [0.05, 0.1) is 5.69 Å². The zero-order valence-electron chi connectivity index (χ0n) is 14.6. The van der Waals surface area contributed by atoms with Gasteiger partial charge in [0, 0.05) is 16.8 Å². The Morgan fingerprint density at radius 1 is 1.16 bits per heavy atom. The third kappa shape index (κ3) is 3.09. The summed E-state index contributed by atoms with van der Waals surface area (Å²) in [5.74, 6) is -0.380. The molecule has 4 nitrogen and oxygen atoms in total. The molecule has 0 aliphatic heterocycles. The van der Waals surface area contributed by atoms with Crippen LogP contribution in [0.3, 0.4) is 0 Å². The highest BCUT2D eigenvalue weighted by Crippen LogP contribution is 2.41. The molecule has 0 spiro atoms. The monoisotopic (exact) mass is 340 g/mol. The van der Waals surface area contributed by atoms with Crippen LogP contribution in [0.15, 0.2) is 34.9 Å². The van der Waals surface area contributed by atoms with Crippen LogP contribution in [0.2, 0.25) is 0 Å². The molecule has 0 saturated heterocycles. The Hall–Kier alpha value is -2.82. The summed E-state index contributed by atoms with van der Waals surface area (Å²) in [6, 6.07) is 8.33. The number of aromatic hydroxyl groups is 1. The molecule has 0 radical (unpaired) electrons. The van der Waals surface area contributed by atoms with Gasteiger partial charge in [-0.2, -0.15) is 0 Å². The molecule has 0 atom stereocenters. The first kappa shape index (κ1) is 17.0. The minimum Gasteiger partial charge on any atom is -0.505 e. The number of anilines is 1. The van der Waals surface area contributed by atoms with Crippen molar-refractivity contribution in [1.29, 1.82) is 0 Å². The number of nitrogen functional groups attached to an aromatic ring is 1. The van der Waals surface area contributed by atoms with Crippen molar-refractivity contribution in [2.45, 2.75) is 33.6 Å². The Labute approximate surface area is 146 Å². The van der Waals surface area contributed by atoms with E-state index in [1.54, 1.807) is 6.07 Å². The van der Waals surface area contributed by atoms with E-state index in [1.165, 1.54) is 12.1 Å². The largest absolute Gasteiger partial charge is 0.505 e. The molecular weight excluding hydrogens is 319 g/mol. The second-order valence-corrected chi connectivity index (χ2v) is 6.22. The first-order valence-corrected chi connectivity index (χ1v) is 8.26. The van der Waals surface area contributed by atoms with Crippen molar-refractivity contribution in [1.82, 2.24) is 5.16 Å². The molecule has 25 heavy (non-hydrogen) atoms. The van der Waals surface area contributed by atoms with Crippen LogP contribution in [0.4, 0.5) is 10.1 Å². The van der Waals surface area contributed by atoms with Gasteiger partial charge in [0.15, 0.2) is 11.6 Å². The van der Waals surface area contributed by atoms with Crippen molar-refractivity contribution in [2.75, 3.05) is 5.73 Å². The highest BCUT2D eigenvalue weighted by atomic mass is 19.1. The number of phenolic OH excluding ortho intramolecular Hbond substituents is 1. The first-order chi connectivity index (χ1) is 11.9. The van der Waals surface area contributed by atoms with Crippen molar-refractivity contribution >= 4 is 5.69 Å². The van der Waals surface area contributed by atoms with Gasteiger partial charge in [-0.3, -0.25) is 0 Å². The van der Waals surface area contributed by atoms with E-state index in [0.717, 1.165) is 40.8 Å². The fourth-order valence-corrected chi connectivity index (χ4v) is 3.18. The predicted molar refractivity (Wildman–Crippen MR) is 96.9 cm³/mol. The molecule has 3 aromatic rings. The lowest BCUT2D eigenvalue weighted by atomic mass is 9.89. The summed E-state index contributed by atoms with van der Waals surface area (Å²) in [6.45, 7) is 5.78. The van der Waals surface area contributed by atoms with Crippen molar-refractivity contribution in [3.63, 3.8) is 0 Å². The predicted octanol–water partition coefficient (Wildman–Crippen LogP) is 5.00. The fraction of sp³-hybridized carbons (Fsp3) is 0.250. The minimum absolute atomic E-state index is 0.375. The molecule has 0 amide bonds. The number of phenols is 1. The van der Waals surface area contributed by atoms with E-state index in [4.69, 9.17) is 10.3 Å². The van der Waals surface area contributed by atoms with Gasteiger partial charge in [-0.05, 0) is 55.2 Å². The zero-order chi connectivity index (χ0) is 18.1. The van der Waals surface area contributed by atoms with Gasteiger partial charge in [0.1, 0.15) is 5.76 Å². The first-order valence-electron chi connectivity index (χ1n) is 8.26. The van der Waals surface area contributed by atoms with Crippen LogP contribution in [0.5, 0.6) is 5.75 Å². The average molecular weight is 340 g/mol. The molecule has 0 bridgehead atoms. The number of aryl methyl sites for hydroxylation is 3. The van der Waals surface area contributed by atoms with Crippen LogP contribution in [-0.4, -0.2) is 10.3 Å². The van der Waals surface area contributed by atoms with Crippen LogP contribution in [0.1, 0.15) is 30.4 Å². The molecular formula is C20H21FN2O2. The topological polar surface area (TPSA) is 72.3 Å². The van der Waals surface area contributed by atoms with Gasteiger partial charge >= 0.3 is 0 Å². The van der Waals surface area contributed by atoms with Gasteiger partial charge < -0.3 is 15.4 Å². The number of hydrogen-bond donors (Lipinski definition) is 2. The summed E-state index contributed by atoms with van der Waals surface area (Å²) in [6.07, 6.45) is 1.85. The van der Waals surface area contributed by atoms with Crippen molar-refractivity contribution in [3.8, 4) is 28.0 Å². The molecule has 3 rings (SSSR count). The molecule has 130 valence electrons. The van der Waals surface area contributed by atoms with Gasteiger partial charge in [-0.15, -0.1) is 0 Å². The average Bonchev–Trinajstić information content (AvgIpc) is 2.89. The standard InChI is InChI=1S/C20H21FN2O2/c1-4-5-13-8-15(14-6-7-18(24)16(21)10-14)20(17(22)9-13)19-11(2)23-25-12(19)3/h6-10,24H,4-5,22H2,1-3H3. The number of nitrogens with two attached hydrogens (primary N) is 1. The number of nitrogens with zero attached hydrogens (tertiary/aromatic N) is 1. The number of hydrogen-bond acceptors (Lipinski definition) is 4. The van der Waals surface area contributed by atoms with E-state index in [1.807, 2.05) is 26.0 Å². The molecule has 0 aliphatic carbocycles. The van der Waals surface area contributed by atoms with Crippen LogP contribution in [-0.2, 0) is 6.42 Å². The van der Waals surface area contributed by atoms with E-state index in [2.05, 4.69) is 12.1 Å². The van der Waals surface area contributed by atoms with Crippen LogP contribution in [0.25, 0.3) is 22.3 Å². The number of aromatic nitrogens is 1. The Morgan fingerprint density at radius 2 is 1.92 bits per heavy atom. The molecule has 1 heterocycles. The summed E-state index contributed by atoms with van der Waals surface area (Å²) in [5, 5.41) is 13.5. The van der Waals surface area contributed by atoms with Crippen LogP contribution >= 0.6 is 0 Å². The maximum atomic E-state index is 13.9. The van der Waals surface area contributed by atoms with Crippen LogP contribution in [0, 0.1) is 19.7 Å². The second-order valence-electron chi connectivity index (χ2n) is 6.22. The number of benzene rings is 2. The van der Waals surface area contributed by atoms with E-state index in [9.17, 15) is 9.50 Å². The molecule has 2 aromatic carbocycles. The second kappa shape index (κ2) is 6.59. The summed E-state index contributed by atoms with van der Waals surface area (Å²) in [4.78, 5) is 0. The lowest BCUT2D eigenvalue weighted by molar-refractivity contribution is 0.393. The van der Waals surface area contributed by atoms with Crippen molar-refractivity contribution < 1.29 is 14.0 Å². The number of rotatable bonds is 4. The van der Waals surface area contributed by atoms with Crippen LogP contribution < -0.4 is 5.73 Å². The van der Waals surface area contributed by atoms with Gasteiger partial charge in [0.25, 0.3) is 0 Å². The van der Waals surface area contributed by atoms with E-state index >= 15 is 0 Å². The molecule has 0 fully saturated rings. The summed E-state index contributed by atoms with van der Waals surface area (Å²) in [7, 11) is 0. The zero-order valence-corrected chi connectivity index (χ0v) is 14.6. The quantitative estimate of drug-likeness (QED) is 0.655. The Kier molecular flexibility index (Phi) is 4.49. The Bertz CT molecular complexity index is 912. The van der Waals surface area contributed by atoms with Gasteiger partial charge in [0.2, 0.25) is 0 Å². The van der Waals surface area contributed by atoms with Gasteiger partial charge in [-0.1, -0.05) is 30.6 Å². The fourth-order valence-electron chi connectivity index (χ4n) is 3.18. The molecule has 3 N–H and O–H groups in total. The SMILES string of the molecule is CCCc1cc(N)c(-c2c(C)noc2C)c(-c2ccc(O)c(F)c2)c1. The van der Waals surface area contributed by atoms with E-state index < -0.39 is 5.82 Å². The Balaban J connectivity index is 2.32. The molecule has 1 aromatic heterocycles.